The Labute approximate surface area is 204 Å². The molecule has 3 heterocycles. The van der Waals surface area contributed by atoms with Crippen LogP contribution >= 0.6 is 11.3 Å². The third kappa shape index (κ3) is 6.32. The number of piperidine rings is 2. The molecule has 5 N–H and O–H groups in total. The van der Waals surface area contributed by atoms with Crippen molar-refractivity contribution in [1.82, 2.24) is 4.90 Å². The first-order valence-corrected chi connectivity index (χ1v) is 12.7. The molecule has 9 nitrogen and oxygen atoms in total. The predicted octanol–water partition coefficient (Wildman–Crippen LogP) is 4.22. The highest BCUT2D eigenvalue weighted by Crippen LogP contribution is 2.44. The van der Waals surface area contributed by atoms with E-state index < -0.39 is 12.1 Å². The van der Waals surface area contributed by atoms with Crippen LogP contribution in [0.25, 0.3) is 10.4 Å². The molecule has 4 rings (SSSR count). The number of amides is 3. The van der Waals surface area contributed by atoms with Gasteiger partial charge in [0.25, 0.3) is 0 Å². The summed E-state index contributed by atoms with van der Waals surface area (Å²) in [6.07, 6.45) is 6.46. The normalized spacial score (nSPS) is 16.8. The van der Waals surface area contributed by atoms with Crippen LogP contribution in [0, 0.1) is 0 Å². The Morgan fingerprint density at radius 1 is 0.941 bits per heavy atom. The standard InChI is InChI=1S/C24H33N5O4S/c25-23(30)27-22-20(33-24(26)31)16-21(34-22)18-8-7-17(29-11-5-2-6-12-29)15-19(18)32-14-13-28-9-3-1-4-10-28/h7-8,15-16H,1-6,9-14H2,(H2,26,31)(H3,25,27,30). The molecule has 0 radical (unpaired) electrons. The monoisotopic (exact) mass is 487 g/mol. The molecule has 0 spiro atoms. The van der Waals surface area contributed by atoms with Gasteiger partial charge in [0.15, 0.2) is 5.75 Å². The molecule has 1 aromatic carbocycles. The number of nitrogens with one attached hydrogen (secondary N) is 1. The van der Waals surface area contributed by atoms with E-state index in [1.165, 1.54) is 49.9 Å². The maximum atomic E-state index is 11.4. The lowest BCUT2D eigenvalue weighted by molar-refractivity contribution is 0.183. The Balaban J connectivity index is 1.61. The first-order valence-electron chi connectivity index (χ1n) is 11.9. The van der Waals surface area contributed by atoms with Crippen LogP contribution in [0.15, 0.2) is 24.3 Å². The number of thiophene rings is 1. The average Bonchev–Trinajstić information content (AvgIpc) is 3.21. The van der Waals surface area contributed by atoms with Gasteiger partial charge in [-0.25, -0.2) is 9.59 Å². The van der Waals surface area contributed by atoms with E-state index in [-0.39, 0.29) is 5.75 Å². The summed E-state index contributed by atoms with van der Waals surface area (Å²) >= 11 is 1.25. The van der Waals surface area contributed by atoms with E-state index >= 15 is 0 Å². The van der Waals surface area contributed by atoms with E-state index in [1.54, 1.807) is 6.07 Å². The smallest absolute Gasteiger partial charge is 0.410 e. The lowest BCUT2D eigenvalue weighted by Crippen LogP contribution is -2.33. The van der Waals surface area contributed by atoms with Gasteiger partial charge in [0, 0.05) is 47.9 Å². The van der Waals surface area contributed by atoms with Crippen LogP contribution in [0.4, 0.5) is 20.3 Å². The van der Waals surface area contributed by atoms with Crippen LogP contribution in [-0.4, -0.2) is 56.4 Å². The molecule has 2 aliphatic heterocycles. The van der Waals surface area contributed by atoms with Crippen LogP contribution in [0.3, 0.4) is 0 Å². The molecule has 0 bridgehead atoms. The second-order valence-electron chi connectivity index (χ2n) is 8.69. The third-order valence-corrected chi connectivity index (χ3v) is 7.28. The van der Waals surface area contributed by atoms with Crippen LogP contribution < -0.4 is 31.2 Å². The predicted molar refractivity (Wildman–Crippen MR) is 135 cm³/mol. The summed E-state index contributed by atoms with van der Waals surface area (Å²) in [5.41, 5.74) is 12.5. The quantitative estimate of drug-likeness (QED) is 0.512. The van der Waals surface area contributed by atoms with E-state index in [9.17, 15) is 9.59 Å². The molecule has 0 unspecified atom stereocenters. The molecule has 2 saturated heterocycles. The second kappa shape index (κ2) is 11.4. The highest BCUT2D eigenvalue weighted by molar-refractivity contribution is 7.20. The Bertz CT molecular complexity index is 966. The van der Waals surface area contributed by atoms with Crippen molar-refractivity contribution in [2.75, 3.05) is 49.5 Å². The maximum Gasteiger partial charge on any atom is 0.410 e. The zero-order chi connectivity index (χ0) is 23.9. The summed E-state index contributed by atoms with van der Waals surface area (Å²) in [4.78, 5) is 28.4. The first-order chi connectivity index (χ1) is 16.5. The van der Waals surface area contributed by atoms with Crippen molar-refractivity contribution in [3.8, 4) is 21.9 Å². The molecule has 10 heteroatoms. The SMILES string of the molecule is NC(=O)Nc1sc(-c2ccc(N3CCCCC3)cc2OCCN2CCCCC2)cc1OC(N)=O. The van der Waals surface area contributed by atoms with Gasteiger partial charge in [-0.3, -0.25) is 10.2 Å². The number of nitrogens with two attached hydrogens (primary N) is 2. The van der Waals surface area contributed by atoms with Crippen LogP contribution in [0.1, 0.15) is 38.5 Å². The molecule has 0 atom stereocenters. The second-order valence-corrected chi connectivity index (χ2v) is 9.75. The highest BCUT2D eigenvalue weighted by atomic mass is 32.1. The number of likely N-dealkylation sites (tertiary alicyclic amines) is 1. The number of rotatable bonds is 8. The Kier molecular flexibility index (Phi) is 8.12. The van der Waals surface area contributed by atoms with Gasteiger partial charge in [-0.2, -0.15) is 0 Å². The number of ether oxygens (including phenoxy) is 2. The number of hydrogen-bond donors (Lipinski definition) is 3. The fourth-order valence-corrected chi connectivity index (χ4v) is 5.56. The fourth-order valence-electron chi connectivity index (χ4n) is 4.54. The van der Waals surface area contributed by atoms with Crippen molar-refractivity contribution in [1.29, 1.82) is 0 Å². The van der Waals surface area contributed by atoms with E-state index in [2.05, 4.69) is 27.2 Å². The number of benzene rings is 1. The largest absolute Gasteiger partial charge is 0.491 e. The first kappa shape index (κ1) is 24.2. The summed E-state index contributed by atoms with van der Waals surface area (Å²) in [5.74, 6) is 0.920. The van der Waals surface area contributed by atoms with Crippen molar-refractivity contribution in [2.24, 2.45) is 11.5 Å². The Hall–Kier alpha value is -2.98. The number of hydrogen-bond acceptors (Lipinski definition) is 7. The number of anilines is 2. The van der Waals surface area contributed by atoms with Gasteiger partial charge in [-0.15, -0.1) is 11.3 Å². The van der Waals surface area contributed by atoms with Gasteiger partial charge >= 0.3 is 12.1 Å². The number of nitrogens with zero attached hydrogens (tertiary/aromatic N) is 2. The van der Waals surface area contributed by atoms with Gasteiger partial charge in [-0.1, -0.05) is 6.42 Å². The lowest BCUT2D eigenvalue weighted by Gasteiger charge is -2.30. The molecular weight excluding hydrogens is 454 g/mol. The fraction of sp³-hybridized carbons (Fsp3) is 0.500. The van der Waals surface area contributed by atoms with Crippen molar-refractivity contribution in [3.63, 3.8) is 0 Å². The minimum absolute atomic E-state index is 0.158. The van der Waals surface area contributed by atoms with E-state index in [1.807, 2.05) is 6.07 Å². The van der Waals surface area contributed by atoms with Gasteiger partial charge in [0.2, 0.25) is 0 Å². The van der Waals surface area contributed by atoms with Crippen molar-refractivity contribution >= 4 is 34.1 Å². The van der Waals surface area contributed by atoms with Crippen LogP contribution in [0.2, 0.25) is 0 Å². The van der Waals surface area contributed by atoms with E-state index in [4.69, 9.17) is 20.9 Å². The zero-order valence-corrected chi connectivity index (χ0v) is 20.2. The number of primary amides is 2. The third-order valence-electron chi connectivity index (χ3n) is 6.21. The van der Waals surface area contributed by atoms with Crippen molar-refractivity contribution in [3.05, 3.63) is 24.3 Å². The zero-order valence-electron chi connectivity index (χ0n) is 19.4. The molecule has 2 fully saturated rings. The lowest BCUT2D eigenvalue weighted by atomic mass is 10.1. The minimum atomic E-state index is -0.963. The number of carbonyl (C=O) groups is 2. The molecular formula is C24H33N5O4S. The summed E-state index contributed by atoms with van der Waals surface area (Å²) < 4.78 is 11.4. The van der Waals surface area contributed by atoms with Crippen molar-refractivity contribution < 1.29 is 19.1 Å². The van der Waals surface area contributed by atoms with Gasteiger partial charge in [0.1, 0.15) is 17.4 Å². The molecule has 184 valence electrons. The summed E-state index contributed by atoms with van der Waals surface area (Å²) in [7, 11) is 0. The minimum Gasteiger partial charge on any atom is -0.491 e. The van der Waals surface area contributed by atoms with Gasteiger partial charge < -0.3 is 25.8 Å². The molecule has 2 aromatic rings. The molecule has 3 amide bonds. The summed E-state index contributed by atoms with van der Waals surface area (Å²) in [6.45, 7) is 5.76. The molecule has 2 aliphatic rings. The summed E-state index contributed by atoms with van der Waals surface area (Å²) in [6, 6.07) is 7.13. The van der Waals surface area contributed by atoms with Crippen LogP contribution in [0.5, 0.6) is 11.5 Å². The van der Waals surface area contributed by atoms with Gasteiger partial charge in [-0.05, 0) is 57.3 Å². The van der Waals surface area contributed by atoms with Gasteiger partial charge in [0.05, 0.1) is 0 Å². The number of carbonyl (C=O) groups excluding carboxylic acids is 2. The maximum absolute atomic E-state index is 11.4. The highest BCUT2D eigenvalue weighted by Gasteiger charge is 2.20. The molecule has 34 heavy (non-hydrogen) atoms. The molecule has 1 aromatic heterocycles. The molecule has 0 aliphatic carbocycles. The van der Waals surface area contributed by atoms with E-state index in [0.29, 0.717) is 11.6 Å². The Morgan fingerprint density at radius 2 is 1.65 bits per heavy atom. The number of urea groups is 1. The van der Waals surface area contributed by atoms with Crippen LogP contribution in [-0.2, 0) is 0 Å². The average molecular weight is 488 g/mol. The van der Waals surface area contributed by atoms with Crippen molar-refractivity contribution in [2.45, 2.75) is 38.5 Å². The van der Waals surface area contributed by atoms with E-state index in [0.717, 1.165) is 54.6 Å². The summed E-state index contributed by atoms with van der Waals surface area (Å²) in [5, 5.41) is 2.83. The molecule has 0 saturated carbocycles. The topological polar surface area (TPSA) is 123 Å². The Morgan fingerprint density at radius 3 is 2.32 bits per heavy atom.